The number of H-pyrrole nitrogens is 1. The van der Waals surface area contributed by atoms with Crippen molar-refractivity contribution in [2.45, 2.75) is 6.92 Å². The number of anilines is 2. The molecule has 0 saturated carbocycles. The van der Waals surface area contributed by atoms with Crippen molar-refractivity contribution in [1.29, 1.82) is 0 Å². The maximum atomic E-state index is 11.7. The molecule has 0 fully saturated rings. The smallest absolute Gasteiger partial charge is 0.273 e. The molecule has 6 nitrogen and oxygen atoms in total. The molecule has 0 saturated heterocycles. The van der Waals surface area contributed by atoms with E-state index in [0.29, 0.717) is 5.69 Å². The minimum atomic E-state index is -0.407. The molecule has 1 aromatic heterocycles. The third kappa shape index (κ3) is 2.36. The standard InChI is InChI=1S/C11H12N4O2/c1-6-2-3-9(16)7(4-6)13-11(17)8-5-10(12)15-14-8/h2-5,16H,1H3,(H,13,17)(H3,12,14,15). The van der Waals surface area contributed by atoms with E-state index in [-0.39, 0.29) is 17.3 Å². The van der Waals surface area contributed by atoms with E-state index in [1.165, 1.54) is 12.1 Å². The molecule has 5 N–H and O–H groups in total. The number of hydrogen-bond acceptors (Lipinski definition) is 4. The van der Waals surface area contributed by atoms with Crippen LogP contribution in [0.5, 0.6) is 5.75 Å². The van der Waals surface area contributed by atoms with E-state index < -0.39 is 5.91 Å². The van der Waals surface area contributed by atoms with Crippen LogP contribution in [0.2, 0.25) is 0 Å². The fourth-order valence-corrected chi connectivity index (χ4v) is 1.39. The highest BCUT2D eigenvalue weighted by atomic mass is 16.3. The minimum Gasteiger partial charge on any atom is -0.506 e. The average Bonchev–Trinajstić information content (AvgIpc) is 2.70. The van der Waals surface area contributed by atoms with E-state index in [4.69, 9.17) is 5.73 Å². The maximum absolute atomic E-state index is 11.7. The lowest BCUT2D eigenvalue weighted by atomic mass is 10.2. The summed E-state index contributed by atoms with van der Waals surface area (Å²) in [5.74, 6) is -0.157. The van der Waals surface area contributed by atoms with Crippen LogP contribution < -0.4 is 11.1 Å². The zero-order valence-electron chi connectivity index (χ0n) is 9.19. The van der Waals surface area contributed by atoms with E-state index in [1.54, 1.807) is 12.1 Å². The summed E-state index contributed by atoms with van der Waals surface area (Å²) in [6.07, 6.45) is 0. The number of carbonyl (C=O) groups is 1. The number of aryl methyl sites for hydroxylation is 1. The number of nitrogens with two attached hydrogens (primary N) is 1. The second-order valence-corrected chi connectivity index (χ2v) is 3.68. The second-order valence-electron chi connectivity index (χ2n) is 3.68. The van der Waals surface area contributed by atoms with Gasteiger partial charge >= 0.3 is 0 Å². The Morgan fingerprint density at radius 1 is 1.47 bits per heavy atom. The summed E-state index contributed by atoms with van der Waals surface area (Å²) in [4.78, 5) is 11.7. The minimum absolute atomic E-state index is 0.0106. The number of aromatic amines is 1. The number of phenolic OH excluding ortho intramolecular Hbond substituents is 1. The fourth-order valence-electron chi connectivity index (χ4n) is 1.39. The van der Waals surface area contributed by atoms with Crippen molar-refractivity contribution in [2.75, 3.05) is 11.1 Å². The van der Waals surface area contributed by atoms with Gasteiger partial charge in [-0.1, -0.05) is 6.07 Å². The van der Waals surface area contributed by atoms with Gasteiger partial charge in [-0.05, 0) is 24.6 Å². The SMILES string of the molecule is Cc1ccc(O)c(NC(=O)c2cc(N)n[nH]2)c1. The topological polar surface area (TPSA) is 104 Å². The van der Waals surface area contributed by atoms with Crippen molar-refractivity contribution in [3.8, 4) is 5.75 Å². The fraction of sp³-hybridized carbons (Fsp3) is 0.0909. The molecule has 6 heteroatoms. The number of hydrogen-bond donors (Lipinski definition) is 4. The van der Waals surface area contributed by atoms with Gasteiger partial charge in [0.2, 0.25) is 0 Å². The van der Waals surface area contributed by atoms with Gasteiger partial charge in [-0.3, -0.25) is 9.89 Å². The van der Waals surface area contributed by atoms with Crippen LogP contribution in [0.25, 0.3) is 0 Å². The first-order valence-corrected chi connectivity index (χ1v) is 4.98. The van der Waals surface area contributed by atoms with E-state index in [1.807, 2.05) is 6.92 Å². The molecule has 0 aliphatic carbocycles. The van der Waals surface area contributed by atoms with Gasteiger partial charge in [0, 0.05) is 6.07 Å². The number of amides is 1. The molecule has 2 aromatic rings. The normalized spacial score (nSPS) is 10.2. The lowest BCUT2D eigenvalue weighted by molar-refractivity contribution is 0.102. The number of nitrogens with one attached hydrogen (secondary N) is 2. The number of benzene rings is 1. The summed E-state index contributed by atoms with van der Waals surface area (Å²) in [5.41, 5.74) is 6.91. The van der Waals surface area contributed by atoms with E-state index in [2.05, 4.69) is 15.5 Å². The Bertz CT molecular complexity index is 562. The summed E-state index contributed by atoms with van der Waals surface area (Å²) in [7, 11) is 0. The molecule has 0 aliphatic rings. The van der Waals surface area contributed by atoms with Gasteiger partial charge in [0.05, 0.1) is 5.69 Å². The number of nitrogens with zero attached hydrogens (tertiary/aromatic N) is 1. The lowest BCUT2D eigenvalue weighted by Gasteiger charge is -2.06. The Balaban J connectivity index is 2.21. The molecule has 1 aromatic carbocycles. The molecule has 0 unspecified atom stereocenters. The molecule has 0 aliphatic heterocycles. The Labute approximate surface area is 97.5 Å². The molecule has 0 atom stereocenters. The van der Waals surface area contributed by atoms with Crippen LogP contribution in [-0.4, -0.2) is 21.2 Å². The highest BCUT2D eigenvalue weighted by Gasteiger charge is 2.11. The van der Waals surface area contributed by atoms with Crippen LogP contribution >= 0.6 is 0 Å². The Hall–Kier alpha value is -2.50. The Morgan fingerprint density at radius 3 is 2.88 bits per heavy atom. The zero-order chi connectivity index (χ0) is 12.4. The van der Waals surface area contributed by atoms with Crippen molar-refractivity contribution < 1.29 is 9.90 Å². The molecule has 1 amide bonds. The van der Waals surface area contributed by atoms with Crippen molar-refractivity contribution in [1.82, 2.24) is 10.2 Å². The van der Waals surface area contributed by atoms with Gasteiger partial charge in [-0.2, -0.15) is 5.10 Å². The van der Waals surface area contributed by atoms with Crippen molar-refractivity contribution in [2.24, 2.45) is 0 Å². The highest BCUT2D eigenvalue weighted by molar-refractivity contribution is 6.04. The number of phenols is 1. The number of rotatable bonds is 2. The summed E-state index contributed by atoms with van der Waals surface area (Å²) >= 11 is 0. The summed E-state index contributed by atoms with van der Waals surface area (Å²) < 4.78 is 0. The maximum Gasteiger partial charge on any atom is 0.273 e. The van der Waals surface area contributed by atoms with Crippen LogP contribution in [0.1, 0.15) is 16.1 Å². The predicted molar refractivity (Wildman–Crippen MR) is 63.8 cm³/mol. The van der Waals surface area contributed by atoms with Crippen LogP contribution in [0.4, 0.5) is 11.5 Å². The monoisotopic (exact) mass is 232 g/mol. The van der Waals surface area contributed by atoms with Gasteiger partial charge in [-0.25, -0.2) is 0 Å². The van der Waals surface area contributed by atoms with Gasteiger partial charge in [0.1, 0.15) is 17.3 Å². The van der Waals surface area contributed by atoms with Gasteiger partial charge < -0.3 is 16.2 Å². The highest BCUT2D eigenvalue weighted by Crippen LogP contribution is 2.24. The van der Waals surface area contributed by atoms with Crippen LogP contribution in [-0.2, 0) is 0 Å². The molecule has 0 radical (unpaired) electrons. The molecule has 2 rings (SSSR count). The number of aromatic nitrogens is 2. The molecule has 17 heavy (non-hydrogen) atoms. The van der Waals surface area contributed by atoms with Gasteiger partial charge in [0.15, 0.2) is 0 Å². The van der Waals surface area contributed by atoms with E-state index in [0.717, 1.165) is 5.56 Å². The number of aromatic hydroxyl groups is 1. The summed E-state index contributed by atoms with van der Waals surface area (Å²) in [5, 5.41) is 18.3. The van der Waals surface area contributed by atoms with E-state index >= 15 is 0 Å². The lowest BCUT2D eigenvalue weighted by Crippen LogP contribution is -2.12. The third-order valence-electron chi connectivity index (χ3n) is 2.24. The average molecular weight is 232 g/mol. The van der Waals surface area contributed by atoms with Crippen LogP contribution in [0.15, 0.2) is 24.3 Å². The van der Waals surface area contributed by atoms with Crippen LogP contribution in [0.3, 0.4) is 0 Å². The number of carbonyl (C=O) groups excluding carboxylic acids is 1. The molecule has 88 valence electrons. The first-order chi connectivity index (χ1) is 8.06. The molecule has 0 bridgehead atoms. The molecular formula is C11H12N4O2. The second kappa shape index (κ2) is 4.17. The quantitative estimate of drug-likeness (QED) is 0.585. The molecule has 1 heterocycles. The van der Waals surface area contributed by atoms with Crippen molar-refractivity contribution in [3.05, 3.63) is 35.5 Å². The summed E-state index contributed by atoms with van der Waals surface area (Å²) in [6.45, 7) is 1.86. The largest absolute Gasteiger partial charge is 0.506 e. The summed E-state index contributed by atoms with van der Waals surface area (Å²) in [6, 6.07) is 6.36. The predicted octanol–water partition coefficient (Wildman–Crippen LogP) is 1.26. The Morgan fingerprint density at radius 2 is 2.24 bits per heavy atom. The van der Waals surface area contributed by atoms with E-state index in [9.17, 15) is 9.90 Å². The Kier molecular flexibility index (Phi) is 2.70. The van der Waals surface area contributed by atoms with Crippen LogP contribution in [0, 0.1) is 6.92 Å². The van der Waals surface area contributed by atoms with Gasteiger partial charge in [-0.15, -0.1) is 0 Å². The third-order valence-corrected chi connectivity index (χ3v) is 2.24. The zero-order valence-corrected chi connectivity index (χ0v) is 9.19. The van der Waals surface area contributed by atoms with Crippen molar-refractivity contribution in [3.63, 3.8) is 0 Å². The number of nitrogen functional groups attached to an aromatic ring is 1. The van der Waals surface area contributed by atoms with Gasteiger partial charge in [0.25, 0.3) is 5.91 Å². The first kappa shape index (κ1) is 11.0. The molecule has 0 spiro atoms. The first-order valence-electron chi connectivity index (χ1n) is 4.98. The molecular weight excluding hydrogens is 220 g/mol. The van der Waals surface area contributed by atoms with Crippen molar-refractivity contribution >= 4 is 17.4 Å².